The number of nitrogens with zero attached hydrogens (tertiary/aromatic N) is 1. The van der Waals surface area contributed by atoms with Crippen LogP contribution in [0.3, 0.4) is 0 Å². The molecule has 1 atom stereocenters. The average Bonchev–Trinajstić information content (AvgIpc) is 2.88. The lowest BCUT2D eigenvalue weighted by Crippen LogP contribution is -2.21. The number of methoxy groups -OCH3 is 1. The summed E-state index contributed by atoms with van der Waals surface area (Å²) in [6, 6.07) is 18.9. The van der Waals surface area contributed by atoms with Crippen molar-refractivity contribution in [2.45, 2.75) is 32.7 Å². The number of rotatable bonds is 6. The molecule has 36 heavy (non-hydrogen) atoms. The van der Waals surface area contributed by atoms with E-state index in [0.29, 0.717) is 33.6 Å². The van der Waals surface area contributed by atoms with E-state index in [9.17, 15) is 13.6 Å². The van der Waals surface area contributed by atoms with Crippen molar-refractivity contribution in [1.82, 2.24) is 4.98 Å². The fourth-order valence-electron chi connectivity index (χ4n) is 4.35. The predicted octanol–water partition coefficient (Wildman–Crippen LogP) is 6.96. The van der Waals surface area contributed by atoms with Crippen molar-refractivity contribution in [3.63, 3.8) is 0 Å². The third-order valence-electron chi connectivity index (χ3n) is 6.20. The number of aryl methyl sites for hydroxylation is 1. The summed E-state index contributed by atoms with van der Waals surface area (Å²) >= 11 is 0. The van der Waals surface area contributed by atoms with Gasteiger partial charge in [-0.3, -0.25) is 4.98 Å². The first-order valence-corrected chi connectivity index (χ1v) is 11.7. The first-order valence-electron chi connectivity index (χ1n) is 11.7. The number of carbonyl (C=O) groups is 1. The lowest BCUT2D eigenvalue weighted by Gasteiger charge is -2.26. The zero-order chi connectivity index (χ0) is 26.0. The van der Waals surface area contributed by atoms with Crippen LogP contribution >= 0.6 is 0 Å². The molecule has 0 saturated carbocycles. The number of benzene rings is 3. The molecular formula is C30H28F2N2O2. The van der Waals surface area contributed by atoms with E-state index in [-0.39, 0.29) is 11.5 Å². The van der Waals surface area contributed by atoms with Gasteiger partial charge in [0.2, 0.25) is 0 Å². The predicted molar refractivity (Wildman–Crippen MR) is 138 cm³/mol. The van der Waals surface area contributed by atoms with E-state index in [2.05, 4.69) is 0 Å². The molecule has 184 valence electrons. The monoisotopic (exact) mass is 486 g/mol. The summed E-state index contributed by atoms with van der Waals surface area (Å²) in [6.45, 7) is 5.98. The van der Waals surface area contributed by atoms with E-state index in [4.69, 9.17) is 15.5 Å². The average molecular weight is 487 g/mol. The van der Waals surface area contributed by atoms with Gasteiger partial charge in [0, 0.05) is 22.4 Å². The first-order chi connectivity index (χ1) is 17.2. The van der Waals surface area contributed by atoms with Crippen molar-refractivity contribution in [1.29, 1.82) is 0 Å². The van der Waals surface area contributed by atoms with Crippen molar-refractivity contribution in [3.05, 3.63) is 112 Å². The van der Waals surface area contributed by atoms with Crippen LogP contribution in [0.25, 0.3) is 22.4 Å². The van der Waals surface area contributed by atoms with Crippen LogP contribution in [0, 0.1) is 18.6 Å². The van der Waals surface area contributed by atoms with E-state index >= 15 is 0 Å². The van der Waals surface area contributed by atoms with Gasteiger partial charge in [-0.1, -0.05) is 55.8 Å². The SMILES string of the molecule is COC(=O)c1c(-c2ccc(F)cc2)nc(C(C)C)c(C(N)c2ccc(C)cc2)c1-c1ccc(F)cc1. The fourth-order valence-corrected chi connectivity index (χ4v) is 4.35. The van der Waals surface area contributed by atoms with Crippen LogP contribution < -0.4 is 5.73 Å². The van der Waals surface area contributed by atoms with E-state index < -0.39 is 23.6 Å². The van der Waals surface area contributed by atoms with Crippen molar-refractivity contribution < 1.29 is 18.3 Å². The minimum atomic E-state index is -0.624. The summed E-state index contributed by atoms with van der Waals surface area (Å²) in [7, 11) is 1.29. The summed E-state index contributed by atoms with van der Waals surface area (Å²) < 4.78 is 32.9. The Bertz CT molecular complexity index is 1380. The minimum absolute atomic E-state index is 0.0680. The molecule has 0 fully saturated rings. The number of nitrogens with two attached hydrogens (primary N) is 1. The van der Waals surface area contributed by atoms with Gasteiger partial charge < -0.3 is 10.5 Å². The molecule has 4 aromatic rings. The van der Waals surface area contributed by atoms with Crippen LogP contribution in [0.5, 0.6) is 0 Å². The van der Waals surface area contributed by atoms with Crippen LogP contribution in [0.1, 0.15) is 58.5 Å². The topological polar surface area (TPSA) is 65.2 Å². The highest BCUT2D eigenvalue weighted by Crippen LogP contribution is 2.42. The molecule has 0 spiro atoms. The Balaban J connectivity index is 2.15. The molecule has 6 heteroatoms. The van der Waals surface area contributed by atoms with Crippen molar-refractivity contribution in [2.24, 2.45) is 5.73 Å². The molecule has 0 amide bonds. The third kappa shape index (κ3) is 4.90. The lowest BCUT2D eigenvalue weighted by molar-refractivity contribution is 0.0602. The van der Waals surface area contributed by atoms with Crippen LogP contribution in [-0.4, -0.2) is 18.1 Å². The molecule has 0 saturated heterocycles. The van der Waals surface area contributed by atoms with Crippen LogP contribution in [-0.2, 0) is 4.74 Å². The standard InChI is InChI=1S/C30H28F2N2O2/c1-17(2)28-25(27(33)20-7-5-18(3)6-8-20)24(19-9-13-22(31)14-10-19)26(30(35)36-4)29(34-28)21-11-15-23(32)16-12-21/h5-17,27H,33H2,1-4H3. The second-order valence-electron chi connectivity index (χ2n) is 9.06. The number of carbonyl (C=O) groups excluding carboxylic acids is 1. The molecule has 0 radical (unpaired) electrons. The Morgan fingerprint density at radius 2 is 1.39 bits per heavy atom. The highest BCUT2D eigenvalue weighted by Gasteiger charge is 2.30. The molecule has 0 aliphatic carbocycles. The molecule has 4 nitrogen and oxygen atoms in total. The maximum atomic E-state index is 13.9. The Labute approximate surface area is 209 Å². The summed E-state index contributed by atoms with van der Waals surface area (Å²) in [6.07, 6.45) is 0. The number of ether oxygens (including phenoxy) is 1. The molecule has 0 aliphatic rings. The summed E-state index contributed by atoms with van der Waals surface area (Å²) in [4.78, 5) is 18.3. The maximum Gasteiger partial charge on any atom is 0.340 e. The molecule has 1 heterocycles. The summed E-state index contributed by atoms with van der Waals surface area (Å²) in [5.74, 6) is -1.49. The van der Waals surface area contributed by atoms with Gasteiger partial charge >= 0.3 is 5.97 Å². The second-order valence-corrected chi connectivity index (χ2v) is 9.06. The number of hydrogen-bond acceptors (Lipinski definition) is 4. The fraction of sp³-hybridized carbons (Fsp3) is 0.200. The van der Waals surface area contributed by atoms with Gasteiger partial charge in [-0.25, -0.2) is 13.6 Å². The number of halogens is 2. The van der Waals surface area contributed by atoms with Crippen molar-refractivity contribution >= 4 is 5.97 Å². The Morgan fingerprint density at radius 1 is 0.861 bits per heavy atom. The van der Waals surface area contributed by atoms with E-state index in [1.54, 1.807) is 24.3 Å². The molecule has 1 aromatic heterocycles. The van der Waals surface area contributed by atoms with Gasteiger partial charge in [-0.15, -0.1) is 0 Å². The van der Waals surface area contributed by atoms with Crippen LogP contribution in [0.15, 0.2) is 72.8 Å². The van der Waals surface area contributed by atoms with Gasteiger partial charge in [-0.2, -0.15) is 0 Å². The van der Waals surface area contributed by atoms with Gasteiger partial charge in [-0.05, 0) is 60.4 Å². The quantitative estimate of drug-likeness (QED) is 0.299. The number of hydrogen-bond donors (Lipinski definition) is 1. The zero-order valence-corrected chi connectivity index (χ0v) is 20.7. The Kier molecular flexibility index (Phi) is 7.27. The highest BCUT2D eigenvalue weighted by molar-refractivity contribution is 6.04. The van der Waals surface area contributed by atoms with E-state index in [1.165, 1.54) is 31.4 Å². The molecule has 0 bridgehead atoms. The lowest BCUT2D eigenvalue weighted by atomic mass is 9.83. The number of esters is 1. The molecular weight excluding hydrogens is 458 g/mol. The zero-order valence-electron chi connectivity index (χ0n) is 20.7. The van der Waals surface area contributed by atoms with Gasteiger partial charge in [0.25, 0.3) is 0 Å². The molecule has 3 aromatic carbocycles. The first kappa shape index (κ1) is 25.2. The van der Waals surface area contributed by atoms with Crippen LogP contribution in [0.2, 0.25) is 0 Å². The third-order valence-corrected chi connectivity index (χ3v) is 6.20. The number of aromatic nitrogens is 1. The van der Waals surface area contributed by atoms with Crippen molar-refractivity contribution in [3.8, 4) is 22.4 Å². The van der Waals surface area contributed by atoms with Crippen LogP contribution in [0.4, 0.5) is 8.78 Å². The van der Waals surface area contributed by atoms with E-state index in [1.807, 2.05) is 45.0 Å². The van der Waals surface area contributed by atoms with Gasteiger partial charge in [0.15, 0.2) is 0 Å². The summed E-state index contributed by atoms with van der Waals surface area (Å²) in [5.41, 5.74) is 12.4. The second kappa shape index (κ2) is 10.4. The summed E-state index contributed by atoms with van der Waals surface area (Å²) in [5, 5.41) is 0. The smallest absolute Gasteiger partial charge is 0.340 e. The molecule has 2 N–H and O–H groups in total. The Hall–Kier alpha value is -3.90. The molecule has 0 aliphatic heterocycles. The van der Waals surface area contributed by atoms with Gasteiger partial charge in [0.1, 0.15) is 11.6 Å². The van der Waals surface area contributed by atoms with Crippen molar-refractivity contribution in [2.75, 3.05) is 7.11 Å². The minimum Gasteiger partial charge on any atom is -0.465 e. The number of pyridine rings is 1. The Morgan fingerprint density at radius 3 is 1.89 bits per heavy atom. The van der Waals surface area contributed by atoms with E-state index in [0.717, 1.165) is 11.1 Å². The molecule has 4 rings (SSSR count). The molecule has 1 unspecified atom stereocenters. The largest absolute Gasteiger partial charge is 0.465 e. The van der Waals surface area contributed by atoms with Gasteiger partial charge in [0.05, 0.1) is 24.4 Å². The normalized spacial score (nSPS) is 12.0. The highest BCUT2D eigenvalue weighted by atomic mass is 19.1. The maximum absolute atomic E-state index is 13.9.